The summed E-state index contributed by atoms with van der Waals surface area (Å²) in [6, 6.07) is 5.99. The lowest BCUT2D eigenvalue weighted by Gasteiger charge is -2.22. The number of thioether (sulfide) groups is 1. The fraction of sp³-hybridized carbons (Fsp3) is 0.333. The SMILES string of the molecule is CC1CNc2cc(Cl)ccc2S1. The van der Waals surface area contributed by atoms with Crippen LogP contribution >= 0.6 is 23.4 Å². The van der Waals surface area contributed by atoms with E-state index in [0.29, 0.717) is 5.25 Å². The Morgan fingerprint density at radius 2 is 2.42 bits per heavy atom. The lowest BCUT2D eigenvalue weighted by atomic mass is 10.3. The first-order chi connectivity index (χ1) is 5.75. The minimum atomic E-state index is 0.652. The van der Waals surface area contributed by atoms with Gasteiger partial charge in [-0.25, -0.2) is 0 Å². The molecule has 0 bridgehead atoms. The summed E-state index contributed by atoms with van der Waals surface area (Å²) >= 11 is 7.76. The van der Waals surface area contributed by atoms with Gasteiger partial charge in [-0.3, -0.25) is 0 Å². The fourth-order valence-electron chi connectivity index (χ4n) is 1.26. The average molecular weight is 200 g/mol. The van der Waals surface area contributed by atoms with Crippen LogP contribution in [0.4, 0.5) is 5.69 Å². The Bertz CT molecular complexity index is 301. The van der Waals surface area contributed by atoms with E-state index in [4.69, 9.17) is 11.6 Å². The van der Waals surface area contributed by atoms with Gasteiger partial charge in [0.05, 0.1) is 0 Å². The first-order valence-corrected chi connectivity index (χ1v) is 5.21. The van der Waals surface area contributed by atoms with Crippen molar-refractivity contribution in [2.75, 3.05) is 11.9 Å². The maximum atomic E-state index is 5.86. The Labute approximate surface area is 81.5 Å². The Kier molecular flexibility index (Phi) is 2.20. The van der Waals surface area contributed by atoms with Crippen LogP contribution in [0.2, 0.25) is 5.02 Å². The van der Waals surface area contributed by atoms with E-state index in [1.54, 1.807) is 0 Å². The van der Waals surface area contributed by atoms with Crippen LogP contribution in [0.5, 0.6) is 0 Å². The van der Waals surface area contributed by atoms with E-state index in [1.165, 1.54) is 10.6 Å². The van der Waals surface area contributed by atoms with Crippen molar-refractivity contribution in [1.82, 2.24) is 0 Å². The molecule has 0 spiro atoms. The van der Waals surface area contributed by atoms with Crippen LogP contribution in [0.15, 0.2) is 23.1 Å². The van der Waals surface area contributed by atoms with Gasteiger partial charge in [0.1, 0.15) is 0 Å². The number of benzene rings is 1. The molecular weight excluding hydrogens is 190 g/mol. The summed E-state index contributed by atoms with van der Waals surface area (Å²) in [5.74, 6) is 0. The molecule has 1 aromatic carbocycles. The number of anilines is 1. The molecule has 0 saturated heterocycles. The van der Waals surface area contributed by atoms with E-state index in [9.17, 15) is 0 Å². The predicted octanol–water partition coefficient (Wildman–Crippen LogP) is 3.25. The second-order valence-corrected chi connectivity index (χ2v) is 4.87. The van der Waals surface area contributed by atoms with Crippen molar-refractivity contribution in [1.29, 1.82) is 0 Å². The van der Waals surface area contributed by atoms with E-state index < -0.39 is 0 Å². The molecular formula is C9H10ClNS. The molecule has 0 saturated carbocycles. The summed E-state index contributed by atoms with van der Waals surface area (Å²) in [5, 5.41) is 4.80. The summed E-state index contributed by atoms with van der Waals surface area (Å²) in [5.41, 5.74) is 1.17. The minimum absolute atomic E-state index is 0.652. The summed E-state index contributed by atoms with van der Waals surface area (Å²) in [7, 11) is 0. The van der Waals surface area contributed by atoms with Crippen molar-refractivity contribution in [3.63, 3.8) is 0 Å². The number of halogens is 1. The van der Waals surface area contributed by atoms with Crippen LogP contribution in [-0.2, 0) is 0 Å². The van der Waals surface area contributed by atoms with Crippen LogP contribution in [0.1, 0.15) is 6.92 Å². The molecule has 1 aromatic rings. The number of hydrogen-bond donors (Lipinski definition) is 1. The fourth-order valence-corrected chi connectivity index (χ4v) is 2.43. The third-order valence-electron chi connectivity index (χ3n) is 1.85. The molecule has 1 N–H and O–H groups in total. The third-order valence-corrected chi connectivity index (χ3v) is 3.26. The van der Waals surface area contributed by atoms with Crippen molar-refractivity contribution in [2.24, 2.45) is 0 Å². The molecule has 1 heterocycles. The highest BCUT2D eigenvalue weighted by molar-refractivity contribution is 8.00. The van der Waals surface area contributed by atoms with Gasteiger partial charge in [0.15, 0.2) is 0 Å². The molecule has 0 aliphatic carbocycles. The van der Waals surface area contributed by atoms with Gasteiger partial charge in [-0.15, -0.1) is 11.8 Å². The van der Waals surface area contributed by atoms with E-state index >= 15 is 0 Å². The highest BCUT2D eigenvalue weighted by atomic mass is 35.5. The molecule has 64 valence electrons. The topological polar surface area (TPSA) is 12.0 Å². The molecule has 1 nitrogen and oxygen atoms in total. The molecule has 1 unspecified atom stereocenters. The summed E-state index contributed by atoms with van der Waals surface area (Å²) in [6.45, 7) is 3.24. The average Bonchev–Trinajstić information content (AvgIpc) is 2.05. The maximum Gasteiger partial charge on any atom is 0.0493 e. The van der Waals surface area contributed by atoms with Crippen LogP contribution in [-0.4, -0.2) is 11.8 Å². The lowest BCUT2D eigenvalue weighted by Crippen LogP contribution is -2.17. The predicted molar refractivity (Wildman–Crippen MR) is 55.3 cm³/mol. The second-order valence-electron chi connectivity index (χ2n) is 2.95. The van der Waals surface area contributed by atoms with Gasteiger partial charge in [0.2, 0.25) is 0 Å². The molecule has 0 aromatic heterocycles. The normalized spacial score (nSPS) is 21.3. The molecule has 2 rings (SSSR count). The third kappa shape index (κ3) is 1.54. The quantitative estimate of drug-likeness (QED) is 0.689. The van der Waals surface area contributed by atoms with Crippen LogP contribution in [0, 0.1) is 0 Å². The molecule has 0 amide bonds. The van der Waals surface area contributed by atoms with E-state index in [2.05, 4.69) is 18.3 Å². The zero-order chi connectivity index (χ0) is 8.55. The number of hydrogen-bond acceptors (Lipinski definition) is 2. The van der Waals surface area contributed by atoms with Gasteiger partial charge in [-0.2, -0.15) is 0 Å². The van der Waals surface area contributed by atoms with Crippen molar-refractivity contribution in [2.45, 2.75) is 17.1 Å². The molecule has 1 aliphatic rings. The Balaban J connectivity index is 2.37. The van der Waals surface area contributed by atoms with E-state index in [-0.39, 0.29) is 0 Å². The van der Waals surface area contributed by atoms with Crippen LogP contribution < -0.4 is 5.32 Å². The van der Waals surface area contributed by atoms with E-state index in [0.717, 1.165) is 11.6 Å². The molecule has 12 heavy (non-hydrogen) atoms. The Hall–Kier alpha value is -0.340. The summed E-state index contributed by atoms with van der Waals surface area (Å²) in [6.07, 6.45) is 0. The smallest absolute Gasteiger partial charge is 0.0493 e. The molecule has 1 atom stereocenters. The van der Waals surface area contributed by atoms with Gasteiger partial charge in [0, 0.05) is 27.4 Å². The van der Waals surface area contributed by atoms with Crippen LogP contribution in [0.3, 0.4) is 0 Å². The summed E-state index contributed by atoms with van der Waals surface area (Å²) in [4.78, 5) is 1.30. The molecule has 1 aliphatic heterocycles. The van der Waals surface area contributed by atoms with Gasteiger partial charge < -0.3 is 5.32 Å². The highest BCUT2D eigenvalue weighted by Gasteiger charge is 2.14. The van der Waals surface area contributed by atoms with Crippen molar-refractivity contribution in [3.8, 4) is 0 Å². The standard InChI is InChI=1S/C9H10ClNS/c1-6-5-11-8-4-7(10)2-3-9(8)12-6/h2-4,6,11H,5H2,1H3. The molecule has 3 heteroatoms. The largest absolute Gasteiger partial charge is 0.383 e. The maximum absolute atomic E-state index is 5.86. The molecule has 0 radical (unpaired) electrons. The minimum Gasteiger partial charge on any atom is -0.383 e. The first kappa shape index (κ1) is 8.27. The number of rotatable bonds is 0. The van der Waals surface area contributed by atoms with Crippen LogP contribution in [0.25, 0.3) is 0 Å². The Morgan fingerprint density at radius 3 is 3.25 bits per heavy atom. The van der Waals surface area contributed by atoms with Gasteiger partial charge >= 0.3 is 0 Å². The lowest BCUT2D eigenvalue weighted by molar-refractivity contribution is 0.975. The number of nitrogens with one attached hydrogen (secondary N) is 1. The van der Waals surface area contributed by atoms with Gasteiger partial charge in [0.25, 0.3) is 0 Å². The van der Waals surface area contributed by atoms with Gasteiger partial charge in [-0.05, 0) is 18.2 Å². The number of fused-ring (bicyclic) bond motifs is 1. The van der Waals surface area contributed by atoms with Gasteiger partial charge in [-0.1, -0.05) is 18.5 Å². The Morgan fingerprint density at radius 1 is 1.58 bits per heavy atom. The summed E-state index contributed by atoms with van der Waals surface area (Å²) < 4.78 is 0. The van der Waals surface area contributed by atoms with E-state index in [1.807, 2.05) is 23.9 Å². The zero-order valence-electron chi connectivity index (χ0n) is 6.80. The monoisotopic (exact) mass is 199 g/mol. The second kappa shape index (κ2) is 3.19. The first-order valence-electron chi connectivity index (χ1n) is 3.96. The van der Waals surface area contributed by atoms with Crippen molar-refractivity contribution < 1.29 is 0 Å². The van der Waals surface area contributed by atoms with Crippen molar-refractivity contribution >= 4 is 29.1 Å². The molecule has 0 fully saturated rings. The highest BCUT2D eigenvalue weighted by Crippen LogP contribution is 2.35. The van der Waals surface area contributed by atoms with Crippen molar-refractivity contribution in [3.05, 3.63) is 23.2 Å². The zero-order valence-corrected chi connectivity index (χ0v) is 8.38.